The van der Waals surface area contributed by atoms with Crippen LogP contribution < -0.4 is 5.32 Å². The molecule has 0 radical (unpaired) electrons. The first-order valence-electron chi connectivity index (χ1n) is 6.16. The summed E-state index contributed by atoms with van der Waals surface area (Å²) in [4.78, 5) is 0. The van der Waals surface area contributed by atoms with Crippen LogP contribution in [0, 0.1) is 6.92 Å². The summed E-state index contributed by atoms with van der Waals surface area (Å²) < 4.78 is 1.56. The van der Waals surface area contributed by atoms with Crippen LogP contribution in [0.2, 0.25) is 0 Å². The standard InChI is InChI=1S/C14H18NS3/c1-8-5-6-10-9(7-8)11-12(14(2,3)15-10)17-18-13(11)16-4/h5-7,11-12,15H,1-4H3/q+1/t11-,12-/m1/s1. The van der Waals surface area contributed by atoms with Crippen molar-refractivity contribution < 1.29 is 0 Å². The van der Waals surface area contributed by atoms with Gasteiger partial charge in [-0.15, -0.1) is 0 Å². The summed E-state index contributed by atoms with van der Waals surface area (Å²) in [6.07, 6.45) is 2.20. The molecular weight excluding hydrogens is 278 g/mol. The first kappa shape index (κ1) is 12.8. The lowest BCUT2D eigenvalue weighted by Crippen LogP contribution is -2.48. The van der Waals surface area contributed by atoms with Crippen LogP contribution in [0.25, 0.3) is 0 Å². The van der Waals surface area contributed by atoms with E-state index >= 15 is 0 Å². The highest BCUT2D eigenvalue weighted by atomic mass is 33.1. The van der Waals surface area contributed by atoms with Gasteiger partial charge < -0.3 is 5.32 Å². The zero-order chi connectivity index (χ0) is 12.9. The van der Waals surface area contributed by atoms with Crippen molar-refractivity contribution >= 4 is 42.8 Å². The summed E-state index contributed by atoms with van der Waals surface area (Å²) in [6, 6.07) is 6.81. The van der Waals surface area contributed by atoms with Gasteiger partial charge in [0.05, 0.1) is 11.2 Å². The Morgan fingerprint density at radius 3 is 2.83 bits per heavy atom. The van der Waals surface area contributed by atoms with Crippen LogP contribution in [0.15, 0.2) is 18.2 Å². The molecule has 18 heavy (non-hydrogen) atoms. The molecule has 96 valence electrons. The van der Waals surface area contributed by atoms with Gasteiger partial charge in [0.15, 0.2) is 17.6 Å². The van der Waals surface area contributed by atoms with Gasteiger partial charge in [-0.1, -0.05) is 28.5 Å². The van der Waals surface area contributed by atoms with Crippen LogP contribution in [0.3, 0.4) is 0 Å². The maximum Gasteiger partial charge on any atom is 0.253 e. The molecule has 0 aromatic heterocycles. The number of hydrogen-bond donors (Lipinski definition) is 1. The fourth-order valence-electron chi connectivity index (χ4n) is 2.79. The normalized spacial score (nSPS) is 30.8. The highest BCUT2D eigenvalue weighted by Gasteiger charge is 2.51. The Morgan fingerprint density at radius 1 is 1.33 bits per heavy atom. The van der Waals surface area contributed by atoms with Gasteiger partial charge in [-0.05, 0) is 32.4 Å². The third kappa shape index (κ3) is 1.89. The second-order valence-electron chi connectivity index (χ2n) is 5.54. The maximum atomic E-state index is 3.72. The van der Waals surface area contributed by atoms with Gasteiger partial charge in [0.25, 0.3) is 4.20 Å². The minimum atomic E-state index is 0.155. The number of benzene rings is 1. The maximum absolute atomic E-state index is 3.72. The van der Waals surface area contributed by atoms with E-state index in [0.717, 1.165) is 0 Å². The molecule has 2 aliphatic rings. The molecule has 2 heterocycles. The lowest BCUT2D eigenvalue weighted by Gasteiger charge is -2.41. The summed E-state index contributed by atoms with van der Waals surface area (Å²) in [5, 5.41) is 4.35. The Kier molecular flexibility index (Phi) is 3.15. The molecule has 0 amide bonds. The third-order valence-electron chi connectivity index (χ3n) is 3.70. The third-order valence-corrected chi connectivity index (χ3v) is 8.46. The van der Waals surface area contributed by atoms with E-state index < -0.39 is 0 Å². The first-order chi connectivity index (χ1) is 8.53. The van der Waals surface area contributed by atoms with E-state index in [-0.39, 0.29) is 5.54 Å². The molecule has 0 saturated carbocycles. The number of aryl methyl sites for hydroxylation is 1. The predicted octanol–water partition coefficient (Wildman–Crippen LogP) is 3.89. The van der Waals surface area contributed by atoms with E-state index in [9.17, 15) is 0 Å². The molecule has 2 atom stereocenters. The Balaban J connectivity index is 2.18. The number of rotatable bonds is 0. The number of anilines is 1. The molecule has 2 aliphatic heterocycles. The highest BCUT2D eigenvalue weighted by Crippen LogP contribution is 2.56. The van der Waals surface area contributed by atoms with Gasteiger partial charge in [0.2, 0.25) is 0 Å². The summed E-state index contributed by atoms with van der Waals surface area (Å²) in [5.74, 6) is 0.584. The van der Waals surface area contributed by atoms with Crippen LogP contribution in [0.5, 0.6) is 0 Å². The molecule has 4 heteroatoms. The minimum Gasteiger partial charge on any atom is -0.379 e. The topological polar surface area (TPSA) is 12.0 Å². The lowest BCUT2D eigenvalue weighted by atomic mass is 9.80. The van der Waals surface area contributed by atoms with E-state index in [4.69, 9.17) is 0 Å². The summed E-state index contributed by atoms with van der Waals surface area (Å²) in [7, 11) is 4.01. The van der Waals surface area contributed by atoms with E-state index in [0.29, 0.717) is 11.2 Å². The van der Waals surface area contributed by atoms with E-state index in [1.807, 2.05) is 32.9 Å². The van der Waals surface area contributed by atoms with Crippen LogP contribution in [0.4, 0.5) is 5.69 Å². The van der Waals surface area contributed by atoms with Crippen LogP contribution >= 0.6 is 21.6 Å². The van der Waals surface area contributed by atoms with Crippen molar-refractivity contribution in [1.29, 1.82) is 0 Å². The molecule has 1 fully saturated rings. The summed E-state index contributed by atoms with van der Waals surface area (Å²) >= 11 is 1.92. The summed E-state index contributed by atoms with van der Waals surface area (Å²) in [5.41, 5.74) is 4.32. The fraction of sp³-hybridized carbons (Fsp3) is 0.500. The van der Waals surface area contributed by atoms with Crippen LogP contribution in [-0.4, -0.2) is 21.2 Å². The average Bonchev–Trinajstić information content (AvgIpc) is 2.75. The average molecular weight is 297 g/mol. The van der Waals surface area contributed by atoms with E-state index in [1.165, 1.54) is 16.8 Å². The van der Waals surface area contributed by atoms with E-state index in [2.05, 4.69) is 50.5 Å². The van der Waals surface area contributed by atoms with Gasteiger partial charge in [-0.3, -0.25) is 0 Å². The molecule has 1 aromatic carbocycles. The van der Waals surface area contributed by atoms with Crippen molar-refractivity contribution in [3.63, 3.8) is 0 Å². The molecule has 0 spiro atoms. The SMILES string of the molecule is C[S+]=C1SS[C@@H]2[C@H]1c1cc(C)ccc1NC2(C)C. The smallest absolute Gasteiger partial charge is 0.253 e. The lowest BCUT2D eigenvalue weighted by molar-refractivity contribution is 0.507. The molecule has 0 bridgehead atoms. The molecule has 3 rings (SSSR count). The minimum absolute atomic E-state index is 0.155. The first-order valence-corrected chi connectivity index (χ1v) is 9.59. The van der Waals surface area contributed by atoms with E-state index in [1.54, 1.807) is 4.20 Å². The Bertz CT molecular complexity index is 522. The highest BCUT2D eigenvalue weighted by molar-refractivity contribution is 8.84. The summed E-state index contributed by atoms with van der Waals surface area (Å²) in [6.45, 7) is 6.83. The van der Waals surface area contributed by atoms with Crippen molar-refractivity contribution in [2.24, 2.45) is 0 Å². The van der Waals surface area contributed by atoms with Crippen molar-refractivity contribution in [3.05, 3.63) is 29.3 Å². The molecule has 0 aliphatic carbocycles. The fourth-order valence-corrected chi connectivity index (χ4v) is 7.94. The monoisotopic (exact) mass is 296 g/mol. The molecule has 1 N–H and O–H groups in total. The number of hydrogen-bond acceptors (Lipinski definition) is 3. The van der Waals surface area contributed by atoms with Gasteiger partial charge in [0.1, 0.15) is 0 Å². The Hall–Kier alpha value is -0.190. The molecule has 1 aromatic rings. The van der Waals surface area contributed by atoms with Gasteiger partial charge in [-0.2, -0.15) is 0 Å². The van der Waals surface area contributed by atoms with Crippen molar-refractivity contribution in [1.82, 2.24) is 0 Å². The Morgan fingerprint density at radius 2 is 2.11 bits per heavy atom. The quantitative estimate of drug-likeness (QED) is 0.443. The largest absolute Gasteiger partial charge is 0.379 e. The molecule has 1 nitrogen and oxygen atoms in total. The van der Waals surface area contributed by atoms with Crippen molar-refractivity contribution in [2.45, 2.75) is 37.5 Å². The van der Waals surface area contributed by atoms with Crippen LogP contribution in [-0.2, 0) is 11.4 Å². The zero-order valence-electron chi connectivity index (χ0n) is 11.1. The molecule has 0 unspecified atom stereocenters. The molecular formula is C14H18NS3+. The van der Waals surface area contributed by atoms with Gasteiger partial charge in [0, 0.05) is 22.0 Å². The van der Waals surface area contributed by atoms with Crippen molar-refractivity contribution in [2.75, 3.05) is 11.6 Å². The number of fused-ring (bicyclic) bond motifs is 3. The Labute approximate surface area is 121 Å². The number of nitrogens with one attached hydrogen (secondary N) is 1. The predicted molar refractivity (Wildman–Crippen MR) is 88.9 cm³/mol. The van der Waals surface area contributed by atoms with Gasteiger partial charge in [-0.25, -0.2) is 0 Å². The second-order valence-corrected chi connectivity index (χ2v) is 9.03. The van der Waals surface area contributed by atoms with Gasteiger partial charge >= 0.3 is 0 Å². The zero-order valence-corrected chi connectivity index (χ0v) is 13.6. The molecule has 1 saturated heterocycles. The second kappa shape index (κ2) is 4.43. The van der Waals surface area contributed by atoms with Crippen molar-refractivity contribution in [3.8, 4) is 0 Å². The van der Waals surface area contributed by atoms with Crippen LogP contribution in [0.1, 0.15) is 30.9 Å².